The minimum Gasteiger partial charge on any atom is -0.460 e. The van der Waals surface area contributed by atoms with Gasteiger partial charge in [0, 0.05) is 0 Å². The van der Waals surface area contributed by atoms with Crippen molar-refractivity contribution in [2.24, 2.45) is 5.92 Å². The first-order chi connectivity index (χ1) is 10.6. The predicted octanol–water partition coefficient (Wildman–Crippen LogP) is 2.48. The first kappa shape index (κ1) is 17.9. The molecule has 0 amide bonds. The van der Waals surface area contributed by atoms with E-state index in [1.54, 1.807) is 20.8 Å². The normalized spacial score (nSPS) is 22.1. The largest absolute Gasteiger partial charge is 0.460 e. The van der Waals surface area contributed by atoms with Crippen molar-refractivity contribution in [3.8, 4) is 0 Å². The van der Waals surface area contributed by atoms with E-state index in [2.05, 4.69) is 0 Å². The lowest BCUT2D eigenvalue weighted by Crippen LogP contribution is -2.38. The molecule has 0 bridgehead atoms. The molecule has 0 fully saturated rings. The van der Waals surface area contributed by atoms with Crippen LogP contribution in [0.2, 0.25) is 0 Å². The highest BCUT2D eigenvalue weighted by atomic mass is 32.2. The zero-order valence-electron chi connectivity index (χ0n) is 14.0. The second-order valence-electron chi connectivity index (χ2n) is 6.99. The van der Waals surface area contributed by atoms with Crippen LogP contribution >= 0.6 is 0 Å². The molecule has 1 aromatic carbocycles. The van der Waals surface area contributed by atoms with Gasteiger partial charge in [0.2, 0.25) is 0 Å². The van der Waals surface area contributed by atoms with Crippen LogP contribution in [0, 0.1) is 5.92 Å². The molecule has 0 spiro atoms. The quantitative estimate of drug-likeness (QED) is 0.480. The summed E-state index contributed by atoms with van der Waals surface area (Å²) >= 11 is 0. The average molecular weight is 340 g/mol. The Balaban J connectivity index is 2.31. The minimum absolute atomic E-state index is 0.414. The highest BCUT2D eigenvalue weighted by Crippen LogP contribution is 2.29. The van der Waals surface area contributed by atoms with Crippen LogP contribution in [-0.4, -0.2) is 32.3 Å². The van der Waals surface area contributed by atoms with Crippen LogP contribution in [0.5, 0.6) is 0 Å². The number of ether oxygens (including phenoxy) is 1. The third-order valence-corrected chi connectivity index (χ3v) is 4.31. The summed E-state index contributed by atoms with van der Waals surface area (Å²) in [7, 11) is -3.65. The number of carbonyl (C=O) groups excluding carboxylic acids is 1. The molecule has 5 nitrogen and oxygen atoms in total. The van der Waals surface area contributed by atoms with Gasteiger partial charge in [-0.15, -0.1) is 0 Å². The van der Waals surface area contributed by atoms with Gasteiger partial charge in [-0.3, -0.25) is 8.98 Å². The molecule has 0 N–H and O–H groups in total. The molecule has 2 rings (SSSR count). The molecule has 0 radical (unpaired) electrons. The summed E-state index contributed by atoms with van der Waals surface area (Å²) in [6, 6.07) is 7.83. The monoisotopic (exact) mass is 340 g/mol. The number of rotatable bonds is 3. The maximum Gasteiger partial charge on any atom is 0.312 e. The van der Waals surface area contributed by atoms with Crippen LogP contribution in [0.1, 0.15) is 38.3 Å². The van der Waals surface area contributed by atoms with E-state index in [1.165, 1.54) is 0 Å². The molecule has 0 unspecified atom stereocenters. The number of aryl methyl sites for hydroxylation is 1. The fourth-order valence-corrected chi connectivity index (χ4v) is 3.50. The zero-order valence-corrected chi connectivity index (χ0v) is 14.9. The van der Waals surface area contributed by atoms with E-state index in [0.717, 1.165) is 17.4 Å². The van der Waals surface area contributed by atoms with Crippen molar-refractivity contribution in [2.45, 2.75) is 51.7 Å². The summed E-state index contributed by atoms with van der Waals surface area (Å²) in [5.74, 6) is -1.05. The van der Waals surface area contributed by atoms with E-state index in [1.807, 2.05) is 24.3 Å². The van der Waals surface area contributed by atoms with Crippen molar-refractivity contribution >= 4 is 16.1 Å². The van der Waals surface area contributed by atoms with Crippen LogP contribution < -0.4 is 0 Å². The predicted molar refractivity (Wildman–Crippen MR) is 87.5 cm³/mol. The Kier molecular flexibility index (Phi) is 5.16. The number of benzene rings is 1. The molecule has 1 aromatic rings. The molecule has 0 saturated heterocycles. The SMILES string of the molecule is CC(C)(C)OC(=O)[C@H]1Cc2ccccc2CC[C@H]1OS(C)(=O)=O. The summed E-state index contributed by atoms with van der Waals surface area (Å²) in [6.07, 6.45) is 1.87. The van der Waals surface area contributed by atoms with Crippen LogP contribution in [0.3, 0.4) is 0 Å². The molecule has 1 aliphatic rings. The third-order valence-electron chi connectivity index (χ3n) is 3.71. The molecule has 128 valence electrons. The van der Waals surface area contributed by atoms with Crippen LogP contribution in [0.4, 0.5) is 0 Å². The maximum atomic E-state index is 12.6. The first-order valence-electron chi connectivity index (χ1n) is 7.73. The minimum atomic E-state index is -3.65. The van der Waals surface area contributed by atoms with E-state index in [0.29, 0.717) is 19.3 Å². The van der Waals surface area contributed by atoms with Crippen LogP contribution in [0.25, 0.3) is 0 Å². The van der Waals surface area contributed by atoms with Gasteiger partial charge in [-0.05, 0) is 51.2 Å². The van der Waals surface area contributed by atoms with Crippen LogP contribution in [-0.2, 0) is 36.7 Å². The Hall–Kier alpha value is -1.40. The van der Waals surface area contributed by atoms with Gasteiger partial charge < -0.3 is 4.74 Å². The van der Waals surface area contributed by atoms with Gasteiger partial charge in [-0.25, -0.2) is 0 Å². The zero-order chi connectivity index (χ0) is 17.3. The fourth-order valence-electron chi connectivity index (χ4n) is 2.82. The highest BCUT2D eigenvalue weighted by molar-refractivity contribution is 7.86. The van der Waals surface area contributed by atoms with Gasteiger partial charge in [0.1, 0.15) is 5.60 Å². The number of fused-ring (bicyclic) bond motifs is 1. The summed E-state index contributed by atoms with van der Waals surface area (Å²) in [6.45, 7) is 5.38. The molecule has 6 heteroatoms. The first-order valence-corrected chi connectivity index (χ1v) is 9.55. The van der Waals surface area contributed by atoms with Crippen molar-refractivity contribution in [1.82, 2.24) is 0 Å². The number of esters is 1. The van der Waals surface area contributed by atoms with Crippen molar-refractivity contribution in [3.63, 3.8) is 0 Å². The molecular formula is C17H24O5S. The van der Waals surface area contributed by atoms with E-state index in [-0.39, 0.29) is 0 Å². The Labute approximate surface area is 138 Å². The lowest BCUT2D eigenvalue weighted by atomic mass is 9.94. The summed E-state index contributed by atoms with van der Waals surface area (Å²) in [5, 5.41) is 0. The Morgan fingerprint density at radius 1 is 1.17 bits per heavy atom. The molecule has 0 saturated carbocycles. The van der Waals surface area contributed by atoms with Crippen molar-refractivity contribution in [3.05, 3.63) is 35.4 Å². The lowest BCUT2D eigenvalue weighted by molar-refractivity contribution is -0.163. The van der Waals surface area contributed by atoms with Gasteiger partial charge in [0.15, 0.2) is 0 Å². The molecular weight excluding hydrogens is 316 g/mol. The number of hydrogen-bond donors (Lipinski definition) is 0. The number of carbonyl (C=O) groups is 1. The topological polar surface area (TPSA) is 69.7 Å². The van der Waals surface area contributed by atoms with Gasteiger partial charge in [-0.2, -0.15) is 8.42 Å². The van der Waals surface area contributed by atoms with Gasteiger partial charge in [-0.1, -0.05) is 24.3 Å². The van der Waals surface area contributed by atoms with E-state index < -0.39 is 33.7 Å². The third kappa shape index (κ3) is 5.32. The molecule has 23 heavy (non-hydrogen) atoms. The average Bonchev–Trinajstić information content (AvgIpc) is 2.55. The standard InChI is InChI=1S/C17H24O5S/c1-17(2,3)21-16(18)14-11-13-8-6-5-7-12(13)9-10-15(14)22-23(4,19)20/h5-8,14-15H,9-11H2,1-4H3/t14-,15+/m0/s1. The smallest absolute Gasteiger partial charge is 0.312 e. The Bertz CT molecular complexity index is 672. The molecule has 0 heterocycles. The van der Waals surface area contributed by atoms with Crippen LogP contribution in [0.15, 0.2) is 24.3 Å². The summed E-state index contributed by atoms with van der Waals surface area (Å²) < 4.78 is 33.8. The second-order valence-corrected chi connectivity index (χ2v) is 8.59. The van der Waals surface area contributed by atoms with E-state index >= 15 is 0 Å². The van der Waals surface area contributed by atoms with Gasteiger partial charge in [0.05, 0.1) is 18.3 Å². The fraction of sp³-hybridized carbons (Fsp3) is 0.588. The molecule has 1 aliphatic carbocycles. The molecule has 0 aliphatic heterocycles. The van der Waals surface area contributed by atoms with Crippen molar-refractivity contribution in [2.75, 3.05) is 6.26 Å². The van der Waals surface area contributed by atoms with Crippen molar-refractivity contribution in [1.29, 1.82) is 0 Å². The molecule has 2 atom stereocenters. The summed E-state index contributed by atoms with van der Waals surface area (Å²) in [4.78, 5) is 12.6. The van der Waals surface area contributed by atoms with Crippen molar-refractivity contribution < 1.29 is 22.1 Å². The number of hydrogen-bond acceptors (Lipinski definition) is 5. The Morgan fingerprint density at radius 2 is 1.78 bits per heavy atom. The second kappa shape index (κ2) is 6.61. The highest BCUT2D eigenvalue weighted by Gasteiger charge is 2.37. The molecule has 0 aromatic heterocycles. The summed E-state index contributed by atoms with van der Waals surface area (Å²) in [5.41, 5.74) is 1.54. The lowest BCUT2D eigenvalue weighted by Gasteiger charge is -2.27. The van der Waals surface area contributed by atoms with E-state index in [4.69, 9.17) is 8.92 Å². The Morgan fingerprint density at radius 3 is 2.35 bits per heavy atom. The maximum absolute atomic E-state index is 12.6. The van der Waals surface area contributed by atoms with Gasteiger partial charge >= 0.3 is 5.97 Å². The van der Waals surface area contributed by atoms with Gasteiger partial charge in [0.25, 0.3) is 10.1 Å². The van der Waals surface area contributed by atoms with E-state index in [9.17, 15) is 13.2 Å².